The Kier molecular flexibility index (Phi) is 6.86. The van der Waals surface area contributed by atoms with Crippen molar-refractivity contribution in [1.29, 1.82) is 0 Å². The molecule has 1 atom stereocenters. The van der Waals surface area contributed by atoms with E-state index in [0.29, 0.717) is 31.5 Å². The molecule has 5 rings (SSSR count). The molecule has 0 aromatic carbocycles. The van der Waals surface area contributed by atoms with Gasteiger partial charge in [-0.05, 0) is 67.9 Å². The van der Waals surface area contributed by atoms with Gasteiger partial charge in [0.15, 0.2) is 0 Å². The molecule has 3 aromatic heterocycles. The summed E-state index contributed by atoms with van der Waals surface area (Å²) in [5.74, 6) is 1.27. The molecule has 4 heterocycles. The summed E-state index contributed by atoms with van der Waals surface area (Å²) in [7, 11) is -3.27. The van der Waals surface area contributed by atoms with Crippen molar-refractivity contribution in [3.8, 4) is 0 Å². The van der Waals surface area contributed by atoms with Crippen LogP contribution in [0.2, 0.25) is 0 Å². The summed E-state index contributed by atoms with van der Waals surface area (Å²) in [5.41, 5.74) is 2.88. The minimum absolute atomic E-state index is 0.0221. The van der Waals surface area contributed by atoms with Gasteiger partial charge in [0.2, 0.25) is 10.0 Å². The quantitative estimate of drug-likeness (QED) is 0.537. The third-order valence-electron chi connectivity index (χ3n) is 7.35. The predicted molar refractivity (Wildman–Crippen MR) is 133 cm³/mol. The van der Waals surface area contributed by atoms with Gasteiger partial charge in [-0.25, -0.2) is 13.4 Å². The van der Waals surface area contributed by atoms with Gasteiger partial charge in [0.05, 0.1) is 24.3 Å². The minimum Gasteiger partial charge on any atom is -0.377 e. The van der Waals surface area contributed by atoms with Crippen LogP contribution in [0.15, 0.2) is 24.7 Å². The van der Waals surface area contributed by atoms with Crippen molar-refractivity contribution in [2.45, 2.75) is 64.4 Å². The zero-order chi connectivity index (χ0) is 23.7. The number of sulfonamides is 1. The molecule has 1 saturated carbocycles. The van der Waals surface area contributed by atoms with Gasteiger partial charge in [-0.3, -0.25) is 0 Å². The first-order chi connectivity index (χ1) is 16.4. The fraction of sp³-hybridized carbons (Fsp3) is 0.640. The van der Waals surface area contributed by atoms with E-state index in [9.17, 15) is 8.42 Å². The first-order valence-corrected chi connectivity index (χ1v) is 14.2. The number of aromatic amines is 1. The molecule has 0 amide bonds. The lowest BCUT2D eigenvalue weighted by Gasteiger charge is -2.34. The van der Waals surface area contributed by atoms with E-state index in [1.54, 1.807) is 10.5 Å². The molecule has 1 N–H and O–H groups in total. The SMILES string of the molecule is CC(C)COC1CCCN(S(=O)(=O)CC2CCC(c3cnnc4cnc5[nH]ccc5c34)CC2)C1. The Morgan fingerprint density at radius 3 is 2.79 bits per heavy atom. The van der Waals surface area contributed by atoms with Crippen molar-refractivity contribution in [2.75, 3.05) is 25.4 Å². The van der Waals surface area contributed by atoms with E-state index in [0.717, 1.165) is 60.5 Å². The van der Waals surface area contributed by atoms with Gasteiger partial charge in [-0.2, -0.15) is 9.40 Å². The second kappa shape index (κ2) is 9.87. The maximum Gasteiger partial charge on any atom is 0.214 e. The van der Waals surface area contributed by atoms with Crippen LogP contribution in [0.4, 0.5) is 0 Å². The average molecular weight is 486 g/mol. The van der Waals surface area contributed by atoms with Crippen LogP contribution in [0.25, 0.3) is 21.9 Å². The van der Waals surface area contributed by atoms with Gasteiger partial charge in [0.25, 0.3) is 0 Å². The number of hydrogen-bond donors (Lipinski definition) is 1. The molecule has 1 saturated heterocycles. The fourth-order valence-electron chi connectivity index (χ4n) is 5.57. The molecule has 2 aliphatic rings. The number of H-pyrrole nitrogens is 1. The Bertz CT molecular complexity index is 1230. The summed E-state index contributed by atoms with van der Waals surface area (Å²) < 4.78 is 34.1. The second-order valence-corrected chi connectivity index (χ2v) is 12.4. The lowest BCUT2D eigenvalue weighted by molar-refractivity contribution is 0.00547. The number of pyridine rings is 1. The van der Waals surface area contributed by atoms with E-state index >= 15 is 0 Å². The largest absolute Gasteiger partial charge is 0.377 e. The Balaban J connectivity index is 1.23. The summed E-state index contributed by atoms with van der Waals surface area (Å²) in [6.45, 7) is 6.05. The summed E-state index contributed by atoms with van der Waals surface area (Å²) >= 11 is 0. The summed E-state index contributed by atoms with van der Waals surface area (Å²) in [5, 5.41) is 10.7. The number of aromatic nitrogens is 4. The van der Waals surface area contributed by atoms with Crippen LogP contribution in [-0.4, -0.2) is 64.4 Å². The number of ether oxygens (including phenoxy) is 1. The number of nitrogens with one attached hydrogen (secondary N) is 1. The van der Waals surface area contributed by atoms with Crippen molar-refractivity contribution in [1.82, 2.24) is 24.5 Å². The molecule has 184 valence electrons. The van der Waals surface area contributed by atoms with Gasteiger partial charge in [0, 0.05) is 36.7 Å². The molecule has 3 aromatic rings. The third-order valence-corrected chi connectivity index (χ3v) is 9.36. The smallest absolute Gasteiger partial charge is 0.214 e. The molecular weight excluding hydrogens is 450 g/mol. The van der Waals surface area contributed by atoms with E-state index in [4.69, 9.17) is 4.74 Å². The summed E-state index contributed by atoms with van der Waals surface area (Å²) in [4.78, 5) is 7.62. The highest BCUT2D eigenvalue weighted by molar-refractivity contribution is 7.89. The van der Waals surface area contributed by atoms with Crippen molar-refractivity contribution in [3.05, 3.63) is 30.2 Å². The predicted octanol–water partition coefficient (Wildman–Crippen LogP) is 4.25. The van der Waals surface area contributed by atoms with E-state index in [1.807, 2.05) is 18.5 Å². The molecule has 1 unspecified atom stereocenters. The number of piperidine rings is 1. The Morgan fingerprint density at radius 2 is 2.00 bits per heavy atom. The molecule has 8 nitrogen and oxygen atoms in total. The van der Waals surface area contributed by atoms with E-state index < -0.39 is 10.0 Å². The number of nitrogens with zero attached hydrogens (tertiary/aromatic N) is 4. The topological polar surface area (TPSA) is 101 Å². The van der Waals surface area contributed by atoms with Crippen LogP contribution >= 0.6 is 0 Å². The molecule has 0 radical (unpaired) electrons. The Labute approximate surface area is 201 Å². The fourth-order valence-corrected chi connectivity index (χ4v) is 7.51. The van der Waals surface area contributed by atoms with E-state index in [-0.39, 0.29) is 17.8 Å². The second-order valence-electron chi connectivity index (χ2n) is 10.4. The van der Waals surface area contributed by atoms with Crippen LogP contribution in [0.1, 0.15) is 63.9 Å². The summed E-state index contributed by atoms with van der Waals surface area (Å²) in [6, 6.07) is 2.05. The monoisotopic (exact) mass is 485 g/mol. The van der Waals surface area contributed by atoms with Gasteiger partial charge >= 0.3 is 0 Å². The van der Waals surface area contributed by atoms with Crippen molar-refractivity contribution in [2.24, 2.45) is 11.8 Å². The van der Waals surface area contributed by atoms with Gasteiger partial charge in [-0.1, -0.05) is 13.8 Å². The maximum atomic E-state index is 13.2. The van der Waals surface area contributed by atoms with Gasteiger partial charge in [-0.15, -0.1) is 5.10 Å². The van der Waals surface area contributed by atoms with E-state index in [1.165, 1.54) is 5.56 Å². The highest BCUT2D eigenvalue weighted by Crippen LogP contribution is 2.40. The van der Waals surface area contributed by atoms with Crippen LogP contribution in [0, 0.1) is 11.8 Å². The Hall–Kier alpha value is -2.10. The zero-order valence-electron chi connectivity index (χ0n) is 20.1. The van der Waals surface area contributed by atoms with Gasteiger partial charge in [0.1, 0.15) is 11.2 Å². The van der Waals surface area contributed by atoms with Crippen LogP contribution < -0.4 is 0 Å². The number of rotatable bonds is 7. The highest BCUT2D eigenvalue weighted by atomic mass is 32.2. The molecule has 1 aliphatic heterocycles. The minimum atomic E-state index is -3.27. The van der Waals surface area contributed by atoms with Crippen LogP contribution in [0.3, 0.4) is 0 Å². The normalized spacial score (nSPS) is 24.9. The lowest BCUT2D eigenvalue weighted by Crippen LogP contribution is -2.45. The lowest BCUT2D eigenvalue weighted by atomic mass is 9.79. The molecule has 2 fully saturated rings. The molecular formula is C25H35N5O3S. The van der Waals surface area contributed by atoms with Crippen molar-refractivity contribution >= 4 is 32.0 Å². The first kappa shape index (κ1) is 23.6. The van der Waals surface area contributed by atoms with Crippen LogP contribution in [0.5, 0.6) is 0 Å². The molecule has 1 aliphatic carbocycles. The van der Waals surface area contributed by atoms with Crippen molar-refractivity contribution in [3.63, 3.8) is 0 Å². The third kappa shape index (κ3) is 4.97. The number of fused-ring (bicyclic) bond motifs is 3. The Morgan fingerprint density at radius 1 is 1.18 bits per heavy atom. The zero-order valence-corrected chi connectivity index (χ0v) is 20.9. The maximum absolute atomic E-state index is 13.2. The molecule has 0 bridgehead atoms. The van der Waals surface area contributed by atoms with Crippen molar-refractivity contribution < 1.29 is 13.2 Å². The molecule has 0 spiro atoms. The van der Waals surface area contributed by atoms with Crippen LogP contribution in [-0.2, 0) is 14.8 Å². The molecule has 34 heavy (non-hydrogen) atoms. The van der Waals surface area contributed by atoms with Gasteiger partial charge < -0.3 is 9.72 Å². The van der Waals surface area contributed by atoms with E-state index in [2.05, 4.69) is 34.0 Å². The standard InChI is InChI=1S/C25H35N5O3S/c1-17(2)15-33-20-4-3-11-30(14-20)34(31,32)16-18-5-7-19(8-6-18)22-12-28-29-23-13-27-25-21(24(22)23)9-10-26-25/h9-10,12-13,17-20H,3-8,11,14-16H2,1-2H3,(H,26,27). The summed E-state index contributed by atoms with van der Waals surface area (Å²) in [6.07, 6.45) is 11.2. The molecule has 9 heteroatoms. The highest BCUT2D eigenvalue weighted by Gasteiger charge is 2.33. The first-order valence-electron chi connectivity index (χ1n) is 12.6. The average Bonchev–Trinajstić information content (AvgIpc) is 3.32. The number of hydrogen-bond acceptors (Lipinski definition) is 6.